The van der Waals surface area contributed by atoms with Gasteiger partial charge in [-0.1, -0.05) is 0 Å². The fourth-order valence-electron chi connectivity index (χ4n) is 4.38. The fourth-order valence-corrected chi connectivity index (χ4v) is 4.38. The largest absolute Gasteiger partial charge is 0.381 e. The van der Waals surface area contributed by atoms with E-state index in [2.05, 4.69) is 23.6 Å². The minimum absolute atomic E-state index is 0.402. The van der Waals surface area contributed by atoms with Gasteiger partial charge in [0.25, 0.3) is 0 Å². The number of hydrogen-bond donors (Lipinski definition) is 0. The Labute approximate surface area is 136 Å². The molecule has 3 fully saturated rings. The zero-order chi connectivity index (χ0) is 15.4. The van der Waals surface area contributed by atoms with E-state index in [9.17, 15) is 0 Å². The molecule has 3 aliphatic rings. The Bertz CT molecular complexity index is 315. The van der Waals surface area contributed by atoms with E-state index in [4.69, 9.17) is 9.47 Å². The van der Waals surface area contributed by atoms with Gasteiger partial charge < -0.3 is 14.4 Å². The quantitative estimate of drug-likeness (QED) is 0.777. The van der Waals surface area contributed by atoms with Crippen molar-refractivity contribution < 1.29 is 9.47 Å². The summed E-state index contributed by atoms with van der Waals surface area (Å²) in [5, 5.41) is 0. The summed E-state index contributed by atoms with van der Waals surface area (Å²) < 4.78 is 11.3. The van der Waals surface area contributed by atoms with Crippen molar-refractivity contribution in [2.75, 3.05) is 52.5 Å². The minimum Gasteiger partial charge on any atom is -0.381 e. The third-order valence-electron chi connectivity index (χ3n) is 5.60. The average Bonchev–Trinajstić information content (AvgIpc) is 2.98. The van der Waals surface area contributed by atoms with Crippen LogP contribution in [0.15, 0.2) is 0 Å². The minimum atomic E-state index is 0.402. The predicted octanol–water partition coefficient (Wildman–Crippen LogP) is 2.23. The van der Waals surface area contributed by atoms with E-state index in [1.807, 2.05) is 0 Å². The lowest BCUT2D eigenvalue weighted by atomic mass is 9.92. The van der Waals surface area contributed by atoms with Crippen molar-refractivity contribution in [3.8, 4) is 0 Å². The molecule has 4 heteroatoms. The van der Waals surface area contributed by atoms with E-state index >= 15 is 0 Å². The van der Waals surface area contributed by atoms with Gasteiger partial charge in [0.2, 0.25) is 0 Å². The van der Waals surface area contributed by atoms with Gasteiger partial charge in [0.05, 0.1) is 18.8 Å². The molecule has 0 aromatic rings. The van der Waals surface area contributed by atoms with E-state index in [0.717, 1.165) is 38.1 Å². The lowest BCUT2D eigenvalue weighted by Crippen LogP contribution is -2.46. The lowest BCUT2D eigenvalue weighted by molar-refractivity contribution is -0.0693. The zero-order valence-corrected chi connectivity index (χ0v) is 14.5. The van der Waals surface area contributed by atoms with Crippen LogP contribution in [0, 0.1) is 11.8 Å². The number of hydrogen-bond acceptors (Lipinski definition) is 4. The molecule has 3 atom stereocenters. The normalized spacial score (nSPS) is 36.0. The number of ether oxygens (including phenoxy) is 2. The Morgan fingerprint density at radius 2 is 1.64 bits per heavy atom. The number of piperidine rings is 1. The van der Waals surface area contributed by atoms with E-state index in [0.29, 0.717) is 12.2 Å². The molecule has 3 saturated heterocycles. The Hall–Kier alpha value is -0.160. The van der Waals surface area contributed by atoms with Crippen LogP contribution < -0.4 is 0 Å². The first-order valence-electron chi connectivity index (χ1n) is 9.37. The molecule has 0 radical (unpaired) electrons. The molecule has 3 unspecified atom stereocenters. The molecule has 0 saturated carbocycles. The lowest BCUT2D eigenvalue weighted by Gasteiger charge is -2.37. The Kier molecular flexibility index (Phi) is 6.14. The van der Waals surface area contributed by atoms with Crippen LogP contribution in [-0.4, -0.2) is 74.5 Å². The number of likely N-dealkylation sites (tertiary alicyclic amines) is 1. The van der Waals surface area contributed by atoms with Crippen LogP contribution in [0.1, 0.15) is 39.5 Å². The summed E-state index contributed by atoms with van der Waals surface area (Å²) >= 11 is 0. The molecule has 0 aromatic heterocycles. The van der Waals surface area contributed by atoms with Gasteiger partial charge in [-0.15, -0.1) is 0 Å². The third-order valence-corrected chi connectivity index (χ3v) is 5.60. The SMILES string of the molecule is CC1CN(CCC2CCN(CC3CCOC3)CC2)CC(C)O1. The molecule has 0 amide bonds. The maximum atomic E-state index is 5.83. The Morgan fingerprint density at radius 1 is 0.909 bits per heavy atom. The van der Waals surface area contributed by atoms with Crippen molar-refractivity contribution in [3.63, 3.8) is 0 Å². The van der Waals surface area contributed by atoms with Crippen LogP contribution in [0.2, 0.25) is 0 Å². The molecule has 128 valence electrons. The van der Waals surface area contributed by atoms with E-state index in [1.54, 1.807) is 0 Å². The van der Waals surface area contributed by atoms with Crippen molar-refractivity contribution in [1.82, 2.24) is 9.80 Å². The van der Waals surface area contributed by atoms with Crippen molar-refractivity contribution in [3.05, 3.63) is 0 Å². The van der Waals surface area contributed by atoms with Crippen LogP contribution in [0.5, 0.6) is 0 Å². The molecule has 22 heavy (non-hydrogen) atoms. The topological polar surface area (TPSA) is 24.9 Å². The monoisotopic (exact) mass is 310 g/mol. The van der Waals surface area contributed by atoms with E-state index in [1.165, 1.54) is 51.9 Å². The Balaban J connectivity index is 1.31. The number of rotatable bonds is 5. The van der Waals surface area contributed by atoms with Crippen LogP contribution in [-0.2, 0) is 9.47 Å². The van der Waals surface area contributed by atoms with Crippen LogP contribution in [0.4, 0.5) is 0 Å². The third kappa shape index (κ3) is 4.92. The molecule has 0 bridgehead atoms. The van der Waals surface area contributed by atoms with Gasteiger partial charge in [0, 0.05) is 26.2 Å². The highest BCUT2D eigenvalue weighted by Gasteiger charge is 2.26. The summed E-state index contributed by atoms with van der Waals surface area (Å²) in [6.45, 7) is 13.8. The van der Waals surface area contributed by atoms with Crippen LogP contribution >= 0.6 is 0 Å². The van der Waals surface area contributed by atoms with Gasteiger partial charge in [-0.2, -0.15) is 0 Å². The van der Waals surface area contributed by atoms with Gasteiger partial charge >= 0.3 is 0 Å². The fraction of sp³-hybridized carbons (Fsp3) is 1.00. The number of nitrogens with zero attached hydrogens (tertiary/aromatic N) is 2. The molecule has 3 rings (SSSR count). The molecular formula is C18H34N2O2. The van der Waals surface area contributed by atoms with Crippen molar-refractivity contribution >= 4 is 0 Å². The summed E-state index contributed by atoms with van der Waals surface area (Å²) in [5.41, 5.74) is 0. The summed E-state index contributed by atoms with van der Waals surface area (Å²) in [6.07, 6.45) is 6.23. The Morgan fingerprint density at radius 3 is 2.27 bits per heavy atom. The first-order valence-corrected chi connectivity index (χ1v) is 9.37. The highest BCUT2D eigenvalue weighted by atomic mass is 16.5. The molecular weight excluding hydrogens is 276 g/mol. The average molecular weight is 310 g/mol. The first kappa shape index (κ1) is 16.7. The van der Waals surface area contributed by atoms with E-state index in [-0.39, 0.29) is 0 Å². The summed E-state index contributed by atoms with van der Waals surface area (Å²) in [6, 6.07) is 0. The molecule has 0 spiro atoms. The van der Waals surface area contributed by atoms with Crippen molar-refractivity contribution in [2.24, 2.45) is 11.8 Å². The molecule has 0 aliphatic carbocycles. The van der Waals surface area contributed by atoms with E-state index < -0.39 is 0 Å². The van der Waals surface area contributed by atoms with Gasteiger partial charge in [0.1, 0.15) is 0 Å². The summed E-state index contributed by atoms with van der Waals surface area (Å²) in [5.74, 6) is 1.73. The second-order valence-corrected chi connectivity index (χ2v) is 7.78. The standard InChI is InChI=1S/C18H34N2O2/c1-15-11-20(12-16(2)22-15)9-5-17-3-7-19(8-4-17)13-18-6-10-21-14-18/h15-18H,3-14H2,1-2H3. The molecule has 0 N–H and O–H groups in total. The van der Waals surface area contributed by atoms with Crippen LogP contribution in [0.25, 0.3) is 0 Å². The maximum absolute atomic E-state index is 5.83. The van der Waals surface area contributed by atoms with Gasteiger partial charge in [-0.3, -0.25) is 4.90 Å². The van der Waals surface area contributed by atoms with Crippen molar-refractivity contribution in [1.29, 1.82) is 0 Å². The molecule has 0 aromatic carbocycles. The molecule has 3 heterocycles. The summed E-state index contributed by atoms with van der Waals surface area (Å²) in [4.78, 5) is 5.29. The highest BCUT2D eigenvalue weighted by Crippen LogP contribution is 2.24. The van der Waals surface area contributed by atoms with Gasteiger partial charge in [-0.05, 0) is 71.0 Å². The van der Waals surface area contributed by atoms with Gasteiger partial charge in [-0.25, -0.2) is 0 Å². The highest BCUT2D eigenvalue weighted by molar-refractivity contribution is 4.78. The zero-order valence-electron chi connectivity index (χ0n) is 14.5. The second kappa shape index (κ2) is 8.09. The second-order valence-electron chi connectivity index (χ2n) is 7.78. The molecule has 3 aliphatic heterocycles. The van der Waals surface area contributed by atoms with Crippen LogP contribution in [0.3, 0.4) is 0 Å². The molecule has 4 nitrogen and oxygen atoms in total. The van der Waals surface area contributed by atoms with Gasteiger partial charge in [0.15, 0.2) is 0 Å². The van der Waals surface area contributed by atoms with Crippen molar-refractivity contribution in [2.45, 2.75) is 51.7 Å². The first-order chi connectivity index (χ1) is 10.7. The maximum Gasteiger partial charge on any atom is 0.0678 e. The number of morpholine rings is 1. The smallest absolute Gasteiger partial charge is 0.0678 e. The predicted molar refractivity (Wildman–Crippen MR) is 89.2 cm³/mol. The summed E-state index contributed by atoms with van der Waals surface area (Å²) in [7, 11) is 0.